The molecule has 1 aromatic rings. The van der Waals surface area contributed by atoms with Gasteiger partial charge in [-0.1, -0.05) is 12.1 Å². The van der Waals surface area contributed by atoms with Crippen LogP contribution in [0.25, 0.3) is 0 Å². The number of aliphatic imine (C=N–C) groups is 1. The van der Waals surface area contributed by atoms with Crippen LogP contribution in [0.1, 0.15) is 18.9 Å². The van der Waals surface area contributed by atoms with Crippen molar-refractivity contribution in [2.24, 2.45) is 4.99 Å². The lowest BCUT2D eigenvalue weighted by atomic mass is 10.1. The van der Waals surface area contributed by atoms with Crippen LogP contribution in [0.4, 0.5) is 0 Å². The Morgan fingerprint density at radius 3 is 2.52 bits per heavy atom. The van der Waals surface area contributed by atoms with Crippen molar-refractivity contribution >= 4 is 5.96 Å². The Morgan fingerprint density at radius 1 is 1.14 bits per heavy atom. The van der Waals surface area contributed by atoms with Crippen LogP contribution in [0, 0.1) is 0 Å². The van der Waals surface area contributed by atoms with E-state index in [2.05, 4.69) is 34.7 Å². The topological polar surface area (TPSA) is 54.9 Å². The molecule has 0 amide bonds. The first-order valence-electron chi connectivity index (χ1n) is 7.44. The summed E-state index contributed by atoms with van der Waals surface area (Å²) in [4.78, 5) is 4.55. The molecule has 1 rings (SSSR count). The van der Waals surface area contributed by atoms with Crippen molar-refractivity contribution in [1.29, 1.82) is 0 Å². The summed E-state index contributed by atoms with van der Waals surface area (Å²) >= 11 is 0. The number of aryl methyl sites for hydroxylation is 1. The molecular formula is C16H27N3O2. The van der Waals surface area contributed by atoms with Crippen LogP contribution < -0.4 is 15.4 Å². The van der Waals surface area contributed by atoms with E-state index in [1.54, 1.807) is 14.2 Å². The molecule has 2 N–H and O–H groups in total. The van der Waals surface area contributed by atoms with Crippen LogP contribution >= 0.6 is 0 Å². The van der Waals surface area contributed by atoms with E-state index >= 15 is 0 Å². The molecule has 0 radical (unpaired) electrons. The number of nitrogens with one attached hydrogen (secondary N) is 2. The first kappa shape index (κ1) is 17.3. The van der Waals surface area contributed by atoms with E-state index in [9.17, 15) is 0 Å². The van der Waals surface area contributed by atoms with Crippen molar-refractivity contribution in [2.45, 2.75) is 19.8 Å². The van der Waals surface area contributed by atoms with E-state index in [0.717, 1.165) is 44.2 Å². The highest BCUT2D eigenvalue weighted by atomic mass is 16.5. The average molecular weight is 293 g/mol. The third kappa shape index (κ3) is 7.56. The highest BCUT2D eigenvalue weighted by Gasteiger charge is 1.97. The molecule has 21 heavy (non-hydrogen) atoms. The smallest absolute Gasteiger partial charge is 0.191 e. The Hall–Kier alpha value is -1.75. The summed E-state index contributed by atoms with van der Waals surface area (Å²) in [5, 5.41) is 6.45. The minimum atomic E-state index is 0.677. The van der Waals surface area contributed by atoms with Crippen LogP contribution in [0.2, 0.25) is 0 Å². The summed E-state index contributed by atoms with van der Waals surface area (Å²) in [7, 11) is 3.38. The van der Waals surface area contributed by atoms with Crippen molar-refractivity contribution in [3.8, 4) is 5.75 Å². The molecule has 0 bridgehead atoms. The van der Waals surface area contributed by atoms with Crippen LogP contribution in [0.3, 0.4) is 0 Å². The average Bonchev–Trinajstić information content (AvgIpc) is 2.52. The number of methoxy groups -OCH3 is 2. The largest absolute Gasteiger partial charge is 0.497 e. The number of benzene rings is 1. The lowest BCUT2D eigenvalue weighted by molar-refractivity contribution is 0.203. The molecule has 0 atom stereocenters. The maximum Gasteiger partial charge on any atom is 0.191 e. The van der Waals surface area contributed by atoms with Crippen LogP contribution in [0.15, 0.2) is 29.3 Å². The zero-order valence-electron chi connectivity index (χ0n) is 13.3. The standard InChI is InChI=1S/C16H27N3O2/c1-4-17-16(19-12-13-20-2)18-11-5-6-14-7-9-15(21-3)10-8-14/h7-10H,4-6,11-13H2,1-3H3,(H2,17,18,19). The van der Waals surface area contributed by atoms with E-state index in [1.807, 2.05) is 12.1 Å². The molecule has 0 fully saturated rings. The highest BCUT2D eigenvalue weighted by Crippen LogP contribution is 2.12. The van der Waals surface area contributed by atoms with Crippen molar-refractivity contribution in [3.05, 3.63) is 29.8 Å². The highest BCUT2D eigenvalue weighted by molar-refractivity contribution is 5.79. The third-order valence-electron chi connectivity index (χ3n) is 3.00. The van der Waals surface area contributed by atoms with E-state index < -0.39 is 0 Å². The molecule has 118 valence electrons. The molecule has 0 aliphatic rings. The minimum Gasteiger partial charge on any atom is -0.497 e. The molecule has 0 aliphatic heterocycles. The van der Waals surface area contributed by atoms with Crippen LogP contribution in [-0.4, -0.2) is 46.4 Å². The fourth-order valence-corrected chi connectivity index (χ4v) is 1.88. The Morgan fingerprint density at radius 2 is 1.90 bits per heavy atom. The first-order valence-corrected chi connectivity index (χ1v) is 7.44. The van der Waals surface area contributed by atoms with Gasteiger partial charge in [-0.15, -0.1) is 0 Å². The zero-order chi connectivity index (χ0) is 15.3. The first-order chi connectivity index (χ1) is 10.3. The van der Waals surface area contributed by atoms with E-state index in [0.29, 0.717) is 6.61 Å². The second-order valence-electron chi connectivity index (χ2n) is 4.63. The number of guanidine groups is 1. The number of hydrogen-bond donors (Lipinski definition) is 2. The molecule has 0 aromatic heterocycles. The van der Waals surface area contributed by atoms with Gasteiger partial charge in [-0.2, -0.15) is 0 Å². The van der Waals surface area contributed by atoms with Gasteiger partial charge in [0.15, 0.2) is 5.96 Å². The summed E-state index contributed by atoms with van der Waals surface area (Å²) in [6.45, 7) is 5.16. The van der Waals surface area contributed by atoms with Crippen molar-refractivity contribution in [2.75, 3.05) is 40.5 Å². The van der Waals surface area contributed by atoms with Crippen LogP contribution in [0.5, 0.6) is 5.75 Å². The van der Waals surface area contributed by atoms with Gasteiger partial charge in [0.05, 0.1) is 13.7 Å². The quantitative estimate of drug-likeness (QED) is 0.414. The third-order valence-corrected chi connectivity index (χ3v) is 3.00. The molecule has 0 heterocycles. The Kier molecular flexibility index (Phi) is 9.04. The molecule has 5 nitrogen and oxygen atoms in total. The molecule has 0 unspecified atom stereocenters. The van der Waals surface area contributed by atoms with Gasteiger partial charge in [-0.3, -0.25) is 4.99 Å². The predicted octanol–water partition coefficient (Wildman–Crippen LogP) is 1.83. The molecule has 5 heteroatoms. The van der Waals surface area contributed by atoms with Gasteiger partial charge in [-0.25, -0.2) is 0 Å². The minimum absolute atomic E-state index is 0.677. The predicted molar refractivity (Wildman–Crippen MR) is 87.2 cm³/mol. The molecule has 0 saturated heterocycles. The van der Waals surface area contributed by atoms with Gasteiger partial charge in [0.2, 0.25) is 0 Å². The molecular weight excluding hydrogens is 266 g/mol. The second kappa shape index (κ2) is 11.0. The van der Waals surface area contributed by atoms with Gasteiger partial charge >= 0.3 is 0 Å². The molecule has 1 aromatic carbocycles. The number of nitrogens with zero attached hydrogens (tertiary/aromatic N) is 1. The lowest BCUT2D eigenvalue weighted by Gasteiger charge is -2.10. The SMILES string of the molecule is CCNC(=NCCCc1ccc(OC)cc1)NCCOC. The Balaban J connectivity index is 2.31. The molecule has 0 spiro atoms. The molecule has 0 saturated carbocycles. The van der Waals surface area contributed by atoms with Crippen LogP contribution in [-0.2, 0) is 11.2 Å². The number of rotatable bonds is 9. The summed E-state index contributed by atoms with van der Waals surface area (Å²) in [5.74, 6) is 1.75. The van der Waals surface area contributed by atoms with Crippen molar-refractivity contribution in [3.63, 3.8) is 0 Å². The molecule has 0 aliphatic carbocycles. The van der Waals surface area contributed by atoms with Gasteiger partial charge in [-0.05, 0) is 37.5 Å². The van der Waals surface area contributed by atoms with Gasteiger partial charge in [0, 0.05) is 26.7 Å². The monoisotopic (exact) mass is 293 g/mol. The van der Waals surface area contributed by atoms with Crippen molar-refractivity contribution < 1.29 is 9.47 Å². The van der Waals surface area contributed by atoms with E-state index in [-0.39, 0.29) is 0 Å². The summed E-state index contributed by atoms with van der Waals surface area (Å²) < 4.78 is 10.2. The Bertz CT molecular complexity index is 404. The summed E-state index contributed by atoms with van der Waals surface area (Å²) in [5.41, 5.74) is 1.31. The Labute approximate surface area is 127 Å². The fraction of sp³-hybridized carbons (Fsp3) is 0.562. The van der Waals surface area contributed by atoms with E-state index in [1.165, 1.54) is 5.56 Å². The lowest BCUT2D eigenvalue weighted by Crippen LogP contribution is -2.39. The number of hydrogen-bond acceptors (Lipinski definition) is 3. The van der Waals surface area contributed by atoms with Gasteiger partial charge in [0.25, 0.3) is 0 Å². The summed E-state index contributed by atoms with van der Waals surface area (Å²) in [6.07, 6.45) is 2.04. The maximum atomic E-state index is 5.15. The maximum absolute atomic E-state index is 5.15. The summed E-state index contributed by atoms with van der Waals surface area (Å²) in [6, 6.07) is 8.19. The van der Waals surface area contributed by atoms with Crippen molar-refractivity contribution in [1.82, 2.24) is 10.6 Å². The zero-order valence-corrected chi connectivity index (χ0v) is 13.3. The number of ether oxygens (including phenoxy) is 2. The fourth-order valence-electron chi connectivity index (χ4n) is 1.88. The normalized spacial score (nSPS) is 11.3. The van der Waals surface area contributed by atoms with Gasteiger partial charge in [0.1, 0.15) is 5.75 Å². The van der Waals surface area contributed by atoms with E-state index in [4.69, 9.17) is 9.47 Å². The van der Waals surface area contributed by atoms with Gasteiger partial charge < -0.3 is 20.1 Å². The second-order valence-corrected chi connectivity index (χ2v) is 4.63.